The van der Waals surface area contributed by atoms with Crippen molar-refractivity contribution >= 4 is 57.2 Å². The fraction of sp³-hybridized carbons (Fsp3) is 0.400. The maximum Gasteiger partial charge on any atom is 0.222 e. The summed E-state index contributed by atoms with van der Waals surface area (Å²) in [7, 11) is 0. The molecule has 1 amide bonds. The third-order valence-electron chi connectivity index (χ3n) is 4.40. The van der Waals surface area contributed by atoms with Gasteiger partial charge in [-0.25, -0.2) is 15.0 Å². The molecule has 0 unspecified atom stereocenters. The van der Waals surface area contributed by atoms with Gasteiger partial charge in [-0.15, -0.1) is 0 Å². The second-order valence-corrected chi connectivity index (χ2v) is 10.2. The van der Waals surface area contributed by atoms with Crippen LogP contribution in [-0.2, 0) is 11.3 Å². The number of benzene rings is 1. The first kappa shape index (κ1) is 21.9. The summed E-state index contributed by atoms with van der Waals surface area (Å²) in [6.07, 6.45) is 1.70. The Morgan fingerprint density at radius 2 is 1.97 bits per heavy atom. The highest BCUT2D eigenvalue weighted by atomic mass is 127. The quantitative estimate of drug-likeness (QED) is 0.462. The van der Waals surface area contributed by atoms with E-state index in [9.17, 15) is 4.79 Å². The van der Waals surface area contributed by atoms with Crippen LogP contribution in [0.1, 0.15) is 27.2 Å². The van der Waals surface area contributed by atoms with Crippen molar-refractivity contribution in [1.82, 2.24) is 24.8 Å². The second kappa shape index (κ2) is 8.69. The van der Waals surface area contributed by atoms with Gasteiger partial charge < -0.3 is 25.1 Å². The number of amides is 1. The molecule has 0 saturated carbocycles. The van der Waals surface area contributed by atoms with Crippen molar-refractivity contribution in [1.29, 1.82) is 0 Å². The number of carbonyl (C=O) groups is 1. The summed E-state index contributed by atoms with van der Waals surface area (Å²) in [5.74, 6) is 1.71. The molecule has 4 rings (SSSR count). The van der Waals surface area contributed by atoms with E-state index >= 15 is 0 Å². The molecule has 0 atom stereocenters. The highest BCUT2D eigenvalue weighted by molar-refractivity contribution is 14.1. The van der Waals surface area contributed by atoms with Gasteiger partial charge in [0.05, 0.1) is 0 Å². The number of halogens is 1. The van der Waals surface area contributed by atoms with E-state index in [4.69, 9.17) is 15.2 Å². The number of carbonyl (C=O) groups excluding carboxylic acids is 1. The lowest BCUT2D eigenvalue weighted by molar-refractivity contribution is -0.122. The van der Waals surface area contributed by atoms with E-state index in [2.05, 4.69) is 42.9 Å². The molecular weight excluding hydrogens is 531 g/mol. The first-order chi connectivity index (χ1) is 14.7. The SMILES string of the molecule is CC(C)(C)NC(=O)CCn1c(Sc2cc3c(cc2I)OCCO3)nc2c(N)ncnc21. The highest BCUT2D eigenvalue weighted by Gasteiger charge is 2.21. The number of nitrogens with zero attached hydrogens (tertiary/aromatic N) is 4. The minimum atomic E-state index is -0.292. The van der Waals surface area contributed by atoms with Crippen LogP contribution in [0.3, 0.4) is 0 Å². The maximum absolute atomic E-state index is 12.4. The summed E-state index contributed by atoms with van der Waals surface area (Å²) in [6.45, 7) is 7.34. The lowest BCUT2D eigenvalue weighted by atomic mass is 10.1. The number of hydrogen-bond donors (Lipinski definition) is 2. The zero-order chi connectivity index (χ0) is 22.2. The number of rotatable bonds is 5. The molecule has 0 fully saturated rings. The van der Waals surface area contributed by atoms with E-state index in [1.165, 1.54) is 18.1 Å². The average Bonchev–Trinajstić information content (AvgIpc) is 3.04. The van der Waals surface area contributed by atoms with Crippen LogP contribution in [0.4, 0.5) is 5.82 Å². The van der Waals surface area contributed by atoms with Gasteiger partial charge in [-0.3, -0.25) is 4.79 Å². The van der Waals surface area contributed by atoms with Crippen molar-refractivity contribution < 1.29 is 14.3 Å². The summed E-state index contributed by atoms with van der Waals surface area (Å²) >= 11 is 3.73. The number of nitrogens with one attached hydrogen (secondary N) is 1. The normalized spacial score (nSPS) is 13.4. The molecule has 3 heterocycles. The number of hydrogen-bond acceptors (Lipinski definition) is 8. The number of aromatic nitrogens is 4. The number of fused-ring (bicyclic) bond motifs is 2. The molecule has 1 aliphatic rings. The van der Waals surface area contributed by atoms with Gasteiger partial charge in [-0.1, -0.05) is 11.8 Å². The number of aryl methyl sites for hydroxylation is 1. The molecule has 11 heteroatoms. The number of imidazole rings is 1. The van der Waals surface area contributed by atoms with Gasteiger partial charge in [0.15, 0.2) is 33.6 Å². The zero-order valence-electron chi connectivity index (χ0n) is 17.4. The molecular formula is C20H23IN6O3S. The standard InChI is InChI=1S/C20H23IN6O3S/c1-20(2,3)26-15(28)4-5-27-18-16(17(22)23-10-24-18)25-19(27)31-14-9-13-12(8-11(14)21)29-6-7-30-13/h8-10H,4-7H2,1-3H3,(H,26,28)(H2,22,23,24). The van der Waals surface area contributed by atoms with E-state index in [1.807, 2.05) is 37.5 Å². The largest absolute Gasteiger partial charge is 0.486 e. The Hall–Kier alpha value is -2.28. The van der Waals surface area contributed by atoms with Crippen molar-refractivity contribution in [2.75, 3.05) is 18.9 Å². The smallest absolute Gasteiger partial charge is 0.222 e. The molecule has 0 bridgehead atoms. The first-order valence-electron chi connectivity index (χ1n) is 9.76. The van der Waals surface area contributed by atoms with Crippen LogP contribution in [-0.4, -0.2) is 44.2 Å². The van der Waals surface area contributed by atoms with Crippen LogP contribution in [0.15, 0.2) is 28.5 Å². The topological polar surface area (TPSA) is 117 Å². The van der Waals surface area contributed by atoms with Gasteiger partial charge in [0.25, 0.3) is 0 Å². The fourth-order valence-corrected chi connectivity index (χ4v) is 4.84. The van der Waals surface area contributed by atoms with Crippen LogP contribution in [0.5, 0.6) is 11.5 Å². The van der Waals surface area contributed by atoms with Crippen molar-refractivity contribution in [3.63, 3.8) is 0 Å². The third kappa shape index (κ3) is 4.97. The van der Waals surface area contributed by atoms with E-state index in [-0.39, 0.29) is 11.4 Å². The van der Waals surface area contributed by atoms with Gasteiger partial charge in [-0.2, -0.15) is 0 Å². The molecule has 3 aromatic rings. The van der Waals surface area contributed by atoms with Gasteiger partial charge in [0.1, 0.15) is 19.5 Å². The predicted molar refractivity (Wildman–Crippen MR) is 127 cm³/mol. The minimum absolute atomic E-state index is 0.0405. The van der Waals surface area contributed by atoms with Crippen LogP contribution < -0.4 is 20.5 Å². The Kier molecular flexibility index (Phi) is 6.15. The molecule has 3 N–H and O–H groups in total. The summed E-state index contributed by atoms with van der Waals surface area (Å²) in [6, 6.07) is 3.90. The van der Waals surface area contributed by atoms with Gasteiger partial charge in [0, 0.05) is 27.0 Å². The van der Waals surface area contributed by atoms with Crippen molar-refractivity contribution in [2.45, 2.75) is 49.3 Å². The van der Waals surface area contributed by atoms with Gasteiger partial charge in [0.2, 0.25) is 5.91 Å². The molecule has 1 aliphatic heterocycles. The molecule has 31 heavy (non-hydrogen) atoms. The molecule has 164 valence electrons. The van der Waals surface area contributed by atoms with E-state index in [0.29, 0.717) is 54.1 Å². The zero-order valence-corrected chi connectivity index (χ0v) is 20.4. The first-order valence-corrected chi connectivity index (χ1v) is 11.7. The summed E-state index contributed by atoms with van der Waals surface area (Å²) in [5, 5.41) is 3.67. The summed E-state index contributed by atoms with van der Waals surface area (Å²) in [4.78, 5) is 26.5. The molecule has 1 aromatic carbocycles. The molecule has 9 nitrogen and oxygen atoms in total. The molecule has 0 radical (unpaired) electrons. The van der Waals surface area contributed by atoms with Crippen molar-refractivity contribution in [3.05, 3.63) is 22.0 Å². The molecule has 2 aromatic heterocycles. The van der Waals surface area contributed by atoms with Crippen LogP contribution in [0.2, 0.25) is 0 Å². The van der Waals surface area contributed by atoms with Gasteiger partial charge in [-0.05, 0) is 55.5 Å². The van der Waals surface area contributed by atoms with Gasteiger partial charge >= 0.3 is 0 Å². The monoisotopic (exact) mass is 554 g/mol. The van der Waals surface area contributed by atoms with E-state index < -0.39 is 0 Å². The number of anilines is 1. The van der Waals surface area contributed by atoms with E-state index in [1.54, 1.807) is 0 Å². The van der Waals surface area contributed by atoms with Crippen LogP contribution in [0, 0.1) is 3.57 Å². The summed E-state index contributed by atoms with van der Waals surface area (Å²) < 4.78 is 14.3. The second-order valence-electron chi connectivity index (χ2n) is 8.05. The lowest BCUT2D eigenvalue weighted by Gasteiger charge is -2.21. The van der Waals surface area contributed by atoms with Crippen molar-refractivity contribution in [3.8, 4) is 11.5 Å². The molecule has 0 aliphatic carbocycles. The Bertz CT molecular complexity index is 1140. The third-order valence-corrected chi connectivity index (χ3v) is 6.71. The van der Waals surface area contributed by atoms with Crippen LogP contribution >= 0.6 is 34.4 Å². The van der Waals surface area contributed by atoms with E-state index in [0.717, 1.165) is 14.2 Å². The Morgan fingerprint density at radius 1 is 1.26 bits per heavy atom. The minimum Gasteiger partial charge on any atom is -0.486 e. The molecule has 0 spiro atoms. The lowest BCUT2D eigenvalue weighted by Crippen LogP contribution is -2.40. The predicted octanol–water partition coefficient (Wildman–Crippen LogP) is 3.24. The molecule has 0 saturated heterocycles. The Morgan fingerprint density at radius 3 is 2.68 bits per heavy atom. The Labute approximate surface area is 197 Å². The maximum atomic E-state index is 12.4. The Balaban J connectivity index is 1.67. The number of ether oxygens (including phenoxy) is 2. The fourth-order valence-electron chi connectivity index (χ4n) is 3.13. The highest BCUT2D eigenvalue weighted by Crippen LogP contribution is 2.40. The van der Waals surface area contributed by atoms with Crippen LogP contribution in [0.25, 0.3) is 11.2 Å². The van der Waals surface area contributed by atoms with Crippen molar-refractivity contribution in [2.24, 2.45) is 0 Å². The number of nitrogen functional groups attached to an aromatic ring is 1. The number of nitrogens with two attached hydrogens (primary N) is 1. The summed E-state index contributed by atoms with van der Waals surface area (Å²) in [5.41, 5.74) is 6.87. The average molecular weight is 554 g/mol.